The van der Waals surface area contributed by atoms with Gasteiger partial charge < -0.3 is 9.88 Å². The van der Waals surface area contributed by atoms with Gasteiger partial charge in [0.1, 0.15) is 5.54 Å². The highest BCUT2D eigenvalue weighted by molar-refractivity contribution is 7.99. The summed E-state index contributed by atoms with van der Waals surface area (Å²) in [6.45, 7) is 2.72. The maximum atomic E-state index is 12.4. The first kappa shape index (κ1) is 18.4. The summed E-state index contributed by atoms with van der Waals surface area (Å²) in [6, 6.07) is 6.09. The lowest BCUT2D eigenvalue weighted by atomic mass is 9.83. The molecule has 0 aliphatic heterocycles. The van der Waals surface area contributed by atoms with Crippen LogP contribution in [0.2, 0.25) is 0 Å². The lowest BCUT2D eigenvalue weighted by Gasteiger charge is -2.31. The molecule has 1 fully saturated rings. The van der Waals surface area contributed by atoms with Crippen LogP contribution in [0.1, 0.15) is 39.0 Å². The van der Waals surface area contributed by atoms with Crippen LogP contribution in [0.5, 0.6) is 0 Å². The number of hydrogen-bond donors (Lipinski definition) is 1. The quantitative estimate of drug-likeness (QED) is 0.786. The number of nitrogens with one attached hydrogen (secondary N) is 1. The highest BCUT2D eigenvalue weighted by Gasteiger charge is 2.33. The predicted molar refractivity (Wildman–Crippen MR) is 99.2 cm³/mol. The van der Waals surface area contributed by atoms with Gasteiger partial charge in [0.25, 0.3) is 0 Å². The first-order chi connectivity index (χ1) is 12.7. The van der Waals surface area contributed by atoms with Crippen molar-refractivity contribution >= 4 is 17.7 Å². The molecule has 8 heteroatoms. The van der Waals surface area contributed by atoms with Gasteiger partial charge in [-0.15, -0.1) is 10.2 Å². The first-order valence-corrected chi connectivity index (χ1v) is 9.84. The van der Waals surface area contributed by atoms with Crippen LogP contribution >= 0.6 is 11.8 Å². The Bertz CT molecular complexity index is 792. The van der Waals surface area contributed by atoms with E-state index in [1.165, 1.54) is 11.8 Å². The van der Waals surface area contributed by atoms with Gasteiger partial charge in [0.05, 0.1) is 11.8 Å². The molecular weight excluding hydrogens is 348 g/mol. The fraction of sp³-hybridized carbons (Fsp3) is 0.500. The summed E-state index contributed by atoms with van der Waals surface area (Å²) in [5, 5.41) is 21.6. The lowest BCUT2D eigenvalue weighted by molar-refractivity contribution is -0.120. The third-order valence-corrected chi connectivity index (χ3v) is 5.57. The standard InChI is InChI=1S/C18H22N6OS/c1-2-24-16(14-6-10-20-11-7-14)22-23-17(24)26-12-15(25)21-18(13-19)8-4-3-5-9-18/h6-7,10-11H,2-5,8-9,12H2,1H3,(H,21,25). The van der Waals surface area contributed by atoms with Gasteiger partial charge in [0, 0.05) is 24.5 Å². The molecule has 0 atom stereocenters. The number of thioether (sulfide) groups is 1. The molecule has 2 heterocycles. The fourth-order valence-corrected chi connectivity index (χ4v) is 4.05. The Morgan fingerprint density at radius 1 is 1.31 bits per heavy atom. The van der Waals surface area contributed by atoms with E-state index in [0.29, 0.717) is 11.7 Å². The Morgan fingerprint density at radius 3 is 2.69 bits per heavy atom. The van der Waals surface area contributed by atoms with Crippen molar-refractivity contribution in [2.75, 3.05) is 5.75 Å². The van der Waals surface area contributed by atoms with Crippen LogP contribution in [0.4, 0.5) is 0 Å². The fourth-order valence-electron chi connectivity index (χ4n) is 3.25. The number of nitrogens with zero attached hydrogens (tertiary/aromatic N) is 5. The van der Waals surface area contributed by atoms with Crippen molar-refractivity contribution in [2.24, 2.45) is 0 Å². The molecule has 26 heavy (non-hydrogen) atoms. The van der Waals surface area contributed by atoms with Gasteiger partial charge in [-0.2, -0.15) is 5.26 Å². The molecular formula is C18H22N6OS. The molecule has 2 aromatic heterocycles. The van der Waals surface area contributed by atoms with Gasteiger partial charge in [0.15, 0.2) is 11.0 Å². The van der Waals surface area contributed by atoms with E-state index < -0.39 is 5.54 Å². The van der Waals surface area contributed by atoms with E-state index in [4.69, 9.17) is 0 Å². The van der Waals surface area contributed by atoms with Crippen molar-refractivity contribution in [3.05, 3.63) is 24.5 Å². The molecule has 0 saturated heterocycles. The van der Waals surface area contributed by atoms with Crippen LogP contribution in [0.25, 0.3) is 11.4 Å². The Balaban J connectivity index is 1.65. The maximum Gasteiger partial charge on any atom is 0.231 e. The SMILES string of the molecule is CCn1c(SCC(=O)NC2(C#N)CCCCC2)nnc1-c1ccncc1. The second-order valence-corrected chi connectivity index (χ2v) is 7.32. The Hall–Kier alpha value is -2.40. The summed E-state index contributed by atoms with van der Waals surface area (Å²) in [5.41, 5.74) is 0.243. The van der Waals surface area contributed by atoms with Crippen molar-refractivity contribution in [2.45, 2.75) is 56.3 Å². The molecule has 0 bridgehead atoms. The molecule has 1 aliphatic carbocycles. The number of amides is 1. The second kappa shape index (κ2) is 8.32. The van der Waals surface area contributed by atoms with Crippen molar-refractivity contribution < 1.29 is 4.79 Å². The maximum absolute atomic E-state index is 12.4. The summed E-state index contributed by atoms with van der Waals surface area (Å²) in [5.74, 6) is 0.853. The summed E-state index contributed by atoms with van der Waals surface area (Å²) in [6.07, 6.45) is 8.01. The minimum absolute atomic E-state index is 0.130. The third-order valence-electron chi connectivity index (χ3n) is 4.60. The van der Waals surface area contributed by atoms with Crippen LogP contribution in [-0.2, 0) is 11.3 Å². The molecule has 1 N–H and O–H groups in total. The predicted octanol–water partition coefficient (Wildman–Crippen LogP) is 2.79. The minimum atomic E-state index is -0.698. The van der Waals surface area contributed by atoms with Gasteiger partial charge in [-0.25, -0.2) is 0 Å². The van der Waals surface area contributed by atoms with Crippen molar-refractivity contribution in [1.82, 2.24) is 25.1 Å². The Labute approximate surface area is 157 Å². The van der Waals surface area contributed by atoms with Gasteiger partial charge in [-0.3, -0.25) is 9.78 Å². The first-order valence-electron chi connectivity index (χ1n) is 8.86. The van der Waals surface area contributed by atoms with Crippen molar-refractivity contribution in [1.29, 1.82) is 5.26 Å². The molecule has 0 radical (unpaired) electrons. The molecule has 3 rings (SSSR count). The molecule has 0 spiro atoms. The number of hydrogen-bond acceptors (Lipinski definition) is 6. The smallest absolute Gasteiger partial charge is 0.231 e. The van der Waals surface area contributed by atoms with Gasteiger partial charge in [-0.05, 0) is 31.9 Å². The van der Waals surface area contributed by atoms with Crippen LogP contribution in [0, 0.1) is 11.3 Å². The molecule has 0 aromatic carbocycles. The molecule has 1 amide bonds. The molecule has 1 saturated carbocycles. The number of nitriles is 1. The number of rotatable bonds is 6. The zero-order valence-electron chi connectivity index (χ0n) is 14.8. The molecule has 7 nitrogen and oxygen atoms in total. The molecule has 0 unspecified atom stereocenters. The van der Waals surface area contributed by atoms with Crippen LogP contribution in [0.15, 0.2) is 29.7 Å². The number of carbonyl (C=O) groups excluding carboxylic acids is 1. The van der Waals surface area contributed by atoms with Gasteiger partial charge >= 0.3 is 0 Å². The largest absolute Gasteiger partial charge is 0.337 e. The number of carbonyl (C=O) groups is 1. The highest BCUT2D eigenvalue weighted by atomic mass is 32.2. The number of pyridine rings is 1. The van der Waals surface area contributed by atoms with E-state index in [1.807, 2.05) is 23.6 Å². The van der Waals surface area contributed by atoms with Gasteiger partial charge in [0.2, 0.25) is 5.91 Å². The monoisotopic (exact) mass is 370 g/mol. The van der Waals surface area contributed by atoms with Gasteiger partial charge in [-0.1, -0.05) is 31.0 Å². The topological polar surface area (TPSA) is 96.5 Å². The second-order valence-electron chi connectivity index (χ2n) is 6.38. The summed E-state index contributed by atoms with van der Waals surface area (Å²) in [4.78, 5) is 16.4. The summed E-state index contributed by atoms with van der Waals surface area (Å²) >= 11 is 1.35. The minimum Gasteiger partial charge on any atom is -0.337 e. The zero-order chi connectivity index (χ0) is 18.4. The normalized spacial score (nSPS) is 16.0. The van der Waals surface area contributed by atoms with Crippen molar-refractivity contribution in [3.8, 4) is 17.5 Å². The van der Waals surface area contributed by atoms with E-state index >= 15 is 0 Å². The van der Waals surface area contributed by atoms with E-state index in [0.717, 1.165) is 43.5 Å². The highest BCUT2D eigenvalue weighted by Crippen LogP contribution is 2.28. The zero-order valence-corrected chi connectivity index (χ0v) is 15.6. The Kier molecular flexibility index (Phi) is 5.89. The summed E-state index contributed by atoms with van der Waals surface area (Å²) < 4.78 is 1.98. The Morgan fingerprint density at radius 2 is 2.04 bits per heavy atom. The molecule has 1 aliphatic rings. The van der Waals surface area contributed by atoms with Crippen LogP contribution < -0.4 is 5.32 Å². The van der Waals surface area contributed by atoms with E-state index in [1.54, 1.807) is 12.4 Å². The van der Waals surface area contributed by atoms with E-state index in [-0.39, 0.29) is 11.7 Å². The summed E-state index contributed by atoms with van der Waals surface area (Å²) in [7, 11) is 0. The van der Waals surface area contributed by atoms with Crippen LogP contribution in [0.3, 0.4) is 0 Å². The lowest BCUT2D eigenvalue weighted by Crippen LogP contribution is -2.49. The number of aromatic nitrogens is 4. The molecule has 136 valence electrons. The third kappa shape index (κ3) is 4.05. The molecule has 2 aromatic rings. The van der Waals surface area contributed by atoms with E-state index in [2.05, 4.69) is 26.6 Å². The average Bonchev–Trinajstić information content (AvgIpc) is 3.10. The van der Waals surface area contributed by atoms with E-state index in [9.17, 15) is 10.1 Å². The van der Waals surface area contributed by atoms with Crippen LogP contribution in [-0.4, -0.2) is 36.9 Å². The average molecular weight is 370 g/mol. The van der Waals surface area contributed by atoms with Crippen molar-refractivity contribution in [3.63, 3.8) is 0 Å².